The van der Waals surface area contributed by atoms with Crippen molar-refractivity contribution in [3.05, 3.63) is 35.5 Å². The second-order valence-corrected chi connectivity index (χ2v) is 6.05. The molecule has 2 aromatic rings. The molecule has 2 nitrogen and oxygen atoms in total. The first kappa shape index (κ1) is 13.6. The lowest BCUT2D eigenvalue weighted by molar-refractivity contribution is -0.0513. The van der Waals surface area contributed by atoms with E-state index < -0.39 is 11.5 Å². The molecule has 108 valence electrons. The average molecular weight is 278 g/mol. The lowest BCUT2D eigenvalue weighted by Gasteiger charge is -2.37. The van der Waals surface area contributed by atoms with Gasteiger partial charge in [0, 0.05) is 47.6 Å². The van der Waals surface area contributed by atoms with Gasteiger partial charge in [0.05, 0.1) is 0 Å². The van der Waals surface area contributed by atoms with E-state index in [-0.39, 0.29) is 12.8 Å². The van der Waals surface area contributed by atoms with Gasteiger partial charge < -0.3 is 10.3 Å². The third-order valence-electron chi connectivity index (χ3n) is 4.77. The third kappa shape index (κ3) is 1.94. The van der Waals surface area contributed by atoms with Gasteiger partial charge >= 0.3 is 0 Å². The van der Waals surface area contributed by atoms with Crippen LogP contribution in [0, 0.1) is 6.92 Å². The number of rotatable bonds is 1. The van der Waals surface area contributed by atoms with Gasteiger partial charge in [-0.15, -0.1) is 0 Å². The SMILES string of the molecule is Cc1c(C2(N)CCC(F)(F)CC2)c2ccccc2n1C. The second kappa shape index (κ2) is 4.29. The summed E-state index contributed by atoms with van der Waals surface area (Å²) in [5, 5.41) is 1.10. The van der Waals surface area contributed by atoms with Crippen molar-refractivity contribution in [2.24, 2.45) is 12.8 Å². The van der Waals surface area contributed by atoms with Crippen LogP contribution in [0.15, 0.2) is 24.3 Å². The van der Waals surface area contributed by atoms with E-state index >= 15 is 0 Å². The van der Waals surface area contributed by atoms with Crippen LogP contribution < -0.4 is 5.73 Å². The number of hydrogen-bond donors (Lipinski definition) is 1. The van der Waals surface area contributed by atoms with Crippen molar-refractivity contribution in [2.45, 2.75) is 44.1 Å². The topological polar surface area (TPSA) is 30.9 Å². The summed E-state index contributed by atoms with van der Waals surface area (Å²) in [6.07, 6.45) is 0.446. The van der Waals surface area contributed by atoms with E-state index in [2.05, 4.69) is 4.57 Å². The van der Waals surface area contributed by atoms with Crippen LogP contribution in [0.2, 0.25) is 0 Å². The zero-order valence-electron chi connectivity index (χ0n) is 11.9. The first-order chi connectivity index (χ1) is 9.34. The highest BCUT2D eigenvalue weighted by molar-refractivity contribution is 5.86. The van der Waals surface area contributed by atoms with Gasteiger partial charge in [-0.25, -0.2) is 8.78 Å². The molecule has 3 rings (SSSR count). The van der Waals surface area contributed by atoms with Crippen LogP contribution in [0.4, 0.5) is 8.78 Å². The zero-order valence-corrected chi connectivity index (χ0v) is 11.9. The lowest BCUT2D eigenvalue weighted by atomic mass is 9.75. The number of nitrogens with zero attached hydrogens (tertiary/aromatic N) is 1. The van der Waals surface area contributed by atoms with Crippen LogP contribution in [0.5, 0.6) is 0 Å². The maximum atomic E-state index is 13.4. The molecule has 0 aliphatic heterocycles. The van der Waals surface area contributed by atoms with Crippen LogP contribution in [0.3, 0.4) is 0 Å². The van der Waals surface area contributed by atoms with Crippen molar-refractivity contribution >= 4 is 10.9 Å². The highest BCUT2D eigenvalue weighted by Gasteiger charge is 2.43. The summed E-state index contributed by atoms with van der Waals surface area (Å²) in [4.78, 5) is 0. The molecule has 0 atom stereocenters. The largest absolute Gasteiger partial charge is 0.348 e. The predicted molar refractivity (Wildman–Crippen MR) is 76.9 cm³/mol. The maximum Gasteiger partial charge on any atom is 0.248 e. The smallest absolute Gasteiger partial charge is 0.248 e. The molecule has 1 heterocycles. The number of aryl methyl sites for hydroxylation is 1. The summed E-state index contributed by atoms with van der Waals surface area (Å²) in [7, 11) is 2.00. The average Bonchev–Trinajstić information content (AvgIpc) is 2.67. The van der Waals surface area contributed by atoms with Crippen molar-refractivity contribution in [1.82, 2.24) is 4.57 Å². The molecule has 0 amide bonds. The van der Waals surface area contributed by atoms with E-state index in [1.165, 1.54) is 0 Å². The molecule has 0 saturated heterocycles. The van der Waals surface area contributed by atoms with Gasteiger partial charge in [-0.2, -0.15) is 0 Å². The number of nitrogens with two attached hydrogens (primary N) is 1. The molecule has 1 aromatic heterocycles. The molecule has 0 unspecified atom stereocenters. The fourth-order valence-corrected chi connectivity index (χ4v) is 3.46. The number of halogens is 2. The van der Waals surface area contributed by atoms with E-state index in [0.717, 1.165) is 22.2 Å². The number of fused-ring (bicyclic) bond motifs is 1. The quantitative estimate of drug-likeness (QED) is 0.844. The van der Waals surface area contributed by atoms with Gasteiger partial charge in [0.25, 0.3) is 0 Å². The number of alkyl halides is 2. The fraction of sp³-hybridized carbons (Fsp3) is 0.500. The van der Waals surface area contributed by atoms with Crippen LogP contribution in [0.1, 0.15) is 36.9 Å². The molecule has 1 aromatic carbocycles. The molecule has 1 aliphatic carbocycles. The van der Waals surface area contributed by atoms with Gasteiger partial charge in [-0.05, 0) is 25.8 Å². The van der Waals surface area contributed by atoms with Crippen molar-refractivity contribution in [3.8, 4) is 0 Å². The van der Waals surface area contributed by atoms with E-state index in [0.29, 0.717) is 12.8 Å². The van der Waals surface area contributed by atoms with Crippen LogP contribution in [-0.2, 0) is 12.6 Å². The van der Waals surface area contributed by atoms with E-state index in [4.69, 9.17) is 5.73 Å². The number of para-hydroxylation sites is 1. The highest BCUT2D eigenvalue weighted by Crippen LogP contribution is 2.45. The summed E-state index contributed by atoms with van der Waals surface area (Å²) >= 11 is 0. The Bertz CT molecular complexity index is 648. The van der Waals surface area contributed by atoms with Gasteiger partial charge in [0.15, 0.2) is 0 Å². The highest BCUT2D eigenvalue weighted by atomic mass is 19.3. The first-order valence-electron chi connectivity index (χ1n) is 7.05. The Balaban J connectivity index is 2.13. The minimum absolute atomic E-state index is 0.119. The molecule has 1 aliphatic rings. The Labute approximate surface area is 117 Å². The molecule has 2 N–H and O–H groups in total. The van der Waals surface area contributed by atoms with Crippen molar-refractivity contribution in [3.63, 3.8) is 0 Å². The van der Waals surface area contributed by atoms with Gasteiger partial charge in [0.2, 0.25) is 5.92 Å². The Morgan fingerprint density at radius 2 is 1.70 bits per heavy atom. The minimum atomic E-state index is -2.55. The van der Waals surface area contributed by atoms with Gasteiger partial charge in [-0.1, -0.05) is 18.2 Å². The fourth-order valence-electron chi connectivity index (χ4n) is 3.46. The summed E-state index contributed by atoms with van der Waals surface area (Å²) in [6, 6.07) is 8.06. The Hall–Kier alpha value is -1.42. The molecular formula is C16H20F2N2. The Morgan fingerprint density at radius 1 is 1.10 bits per heavy atom. The Morgan fingerprint density at radius 3 is 2.35 bits per heavy atom. The summed E-state index contributed by atoms with van der Waals surface area (Å²) in [5.74, 6) is -2.55. The molecule has 4 heteroatoms. The van der Waals surface area contributed by atoms with Crippen LogP contribution in [-0.4, -0.2) is 10.5 Å². The maximum absolute atomic E-state index is 13.4. The molecule has 20 heavy (non-hydrogen) atoms. The first-order valence-corrected chi connectivity index (χ1v) is 7.05. The van der Waals surface area contributed by atoms with E-state index in [1.807, 2.05) is 38.2 Å². The summed E-state index contributed by atoms with van der Waals surface area (Å²) in [6.45, 7) is 2.02. The number of aromatic nitrogens is 1. The molecule has 1 fully saturated rings. The zero-order chi connectivity index (χ0) is 14.5. The summed E-state index contributed by atoms with van der Waals surface area (Å²) in [5.41, 5.74) is 9.15. The van der Waals surface area contributed by atoms with Crippen molar-refractivity contribution in [1.29, 1.82) is 0 Å². The normalized spacial score (nSPS) is 21.2. The molecule has 0 bridgehead atoms. The predicted octanol–water partition coefficient (Wildman–Crippen LogP) is 3.85. The monoisotopic (exact) mass is 278 g/mol. The molecule has 1 saturated carbocycles. The minimum Gasteiger partial charge on any atom is -0.348 e. The van der Waals surface area contributed by atoms with Crippen LogP contribution >= 0.6 is 0 Å². The number of benzene rings is 1. The third-order valence-corrected chi connectivity index (χ3v) is 4.77. The van der Waals surface area contributed by atoms with Crippen molar-refractivity contribution in [2.75, 3.05) is 0 Å². The molecule has 0 radical (unpaired) electrons. The second-order valence-electron chi connectivity index (χ2n) is 6.05. The van der Waals surface area contributed by atoms with Crippen LogP contribution in [0.25, 0.3) is 10.9 Å². The van der Waals surface area contributed by atoms with Crippen molar-refractivity contribution < 1.29 is 8.78 Å². The van der Waals surface area contributed by atoms with Gasteiger partial charge in [0.1, 0.15) is 0 Å². The number of hydrogen-bond acceptors (Lipinski definition) is 1. The summed E-state index contributed by atoms with van der Waals surface area (Å²) < 4.78 is 28.9. The standard InChI is InChI=1S/C16H20F2N2/c1-11-14(12-5-3-4-6-13(12)20(11)2)15(19)7-9-16(17,18)10-8-15/h3-6H,7-10,19H2,1-2H3. The van der Waals surface area contributed by atoms with E-state index in [1.54, 1.807) is 0 Å². The molecular weight excluding hydrogens is 258 g/mol. The Kier molecular flexibility index (Phi) is 2.91. The van der Waals surface area contributed by atoms with E-state index in [9.17, 15) is 8.78 Å². The molecule has 0 spiro atoms. The van der Waals surface area contributed by atoms with Gasteiger partial charge in [-0.3, -0.25) is 0 Å². The lowest BCUT2D eigenvalue weighted by Crippen LogP contribution is -2.44.